The van der Waals surface area contributed by atoms with Crippen LogP contribution in [0, 0.1) is 0 Å². The van der Waals surface area contributed by atoms with E-state index in [-0.39, 0.29) is 11.8 Å². The highest BCUT2D eigenvalue weighted by Gasteiger charge is 2.24. The molecule has 5 heteroatoms. The molecule has 0 saturated carbocycles. The molecule has 2 aliphatic rings. The first kappa shape index (κ1) is 17.9. The molecule has 0 atom stereocenters. The van der Waals surface area contributed by atoms with Gasteiger partial charge < -0.3 is 10.2 Å². The van der Waals surface area contributed by atoms with Crippen molar-refractivity contribution in [2.45, 2.75) is 38.6 Å². The minimum absolute atomic E-state index is 0.0412. The van der Waals surface area contributed by atoms with E-state index in [1.807, 2.05) is 53.4 Å². The number of carbonyl (C=O) groups is 2. The SMILES string of the molecule is O=C(NCc1ccc(N2CCCC2=O)cc1)c1c2c(nc3ccccc13)CCC2. The Hall–Kier alpha value is -3.21. The number of pyridine rings is 1. The maximum atomic E-state index is 13.1. The molecule has 0 bridgehead atoms. The molecule has 2 aromatic carbocycles. The van der Waals surface area contributed by atoms with E-state index in [4.69, 9.17) is 4.98 Å². The first-order chi connectivity index (χ1) is 14.2. The fourth-order valence-corrected chi connectivity index (χ4v) is 4.46. The third kappa shape index (κ3) is 3.27. The molecule has 1 aliphatic heterocycles. The van der Waals surface area contributed by atoms with E-state index in [0.717, 1.165) is 71.2 Å². The third-order valence-electron chi connectivity index (χ3n) is 5.92. The summed E-state index contributed by atoms with van der Waals surface area (Å²) in [6.07, 6.45) is 4.45. The van der Waals surface area contributed by atoms with Crippen LogP contribution in [0.4, 0.5) is 5.69 Å². The molecule has 2 heterocycles. The molecule has 0 spiro atoms. The topological polar surface area (TPSA) is 62.3 Å². The molecule has 1 N–H and O–H groups in total. The van der Waals surface area contributed by atoms with Gasteiger partial charge in [0.25, 0.3) is 5.91 Å². The maximum absolute atomic E-state index is 13.1. The van der Waals surface area contributed by atoms with Crippen LogP contribution < -0.4 is 10.2 Å². The predicted molar refractivity (Wildman–Crippen MR) is 113 cm³/mol. The Kier molecular flexibility index (Phi) is 4.51. The van der Waals surface area contributed by atoms with Crippen molar-refractivity contribution in [3.05, 3.63) is 70.9 Å². The van der Waals surface area contributed by atoms with Crippen LogP contribution >= 0.6 is 0 Å². The van der Waals surface area contributed by atoms with Crippen molar-refractivity contribution in [1.82, 2.24) is 10.3 Å². The van der Waals surface area contributed by atoms with Crippen LogP contribution in [0.25, 0.3) is 10.9 Å². The van der Waals surface area contributed by atoms with Gasteiger partial charge in [-0.1, -0.05) is 30.3 Å². The van der Waals surface area contributed by atoms with Crippen LogP contribution in [0.3, 0.4) is 0 Å². The van der Waals surface area contributed by atoms with Gasteiger partial charge in [-0.05, 0) is 55.0 Å². The second kappa shape index (κ2) is 7.32. The van der Waals surface area contributed by atoms with Gasteiger partial charge in [0.15, 0.2) is 0 Å². The fraction of sp³-hybridized carbons (Fsp3) is 0.292. The predicted octanol–water partition coefficient (Wildman–Crippen LogP) is 3.78. The summed E-state index contributed by atoms with van der Waals surface area (Å²) in [7, 11) is 0. The Morgan fingerprint density at radius 1 is 1.00 bits per heavy atom. The number of amides is 2. The number of rotatable bonds is 4. The molecule has 29 heavy (non-hydrogen) atoms. The first-order valence-corrected chi connectivity index (χ1v) is 10.3. The lowest BCUT2D eigenvalue weighted by molar-refractivity contribution is -0.117. The maximum Gasteiger partial charge on any atom is 0.252 e. The Bertz CT molecular complexity index is 1110. The number of anilines is 1. The summed E-state index contributed by atoms with van der Waals surface area (Å²) >= 11 is 0. The number of benzene rings is 2. The van der Waals surface area contributed by atoms with Crippen LogP contribution in [0.15, 0.2) is 48.5 Å². The Morgan fingerprint density at radius 2 is 1.83 bits per heavy atom. The fourth-order valence-electron chi connectivity index (χ4n) is 4.46. The van der Waals surface area contributed by atoms with Crippen molar-refractivity contribution in [3.8, 4) is 0 Å². The highest BCUT2D eigenvalue weighted by atomic mass is 16.2. The highest BCUT2D eigenvalue weighted by molar-refractivity contribution is 6.07. The van der Waals surface area contributed by atoms with Gasteiger partial charge in [-0.3, -0.25) is 14.6 Å². The zero-order valence-corrected chi connectivity index (χ0v) is 16.3. The minimum atomic E-state index is -0.0412. The van der Waals surface area contributed by atoms with E-state index in [2.05, 4.69) is 5.32 Å². The molecule has 0 unspecified atom stereocenters. The lowest BCUT2D eigenvalue weighted by Crippen LogP contribution is -2.25. The average Bonchev–Trinajstić information content (AvgIpc) is 3.39. The number of fused-ring (bicyclic) bond motifs is 2. The Balaban J connectivity index is 1.36. The Labute approximate surface area is 169 Å². The summed E-state index contributed by atoms with van der Waals surface area (Å²) in [4.78, 5) is 31.6. The number of aromatic nitrogens is 1. The normalized spacial score (nSPS) is 15.7. The number of para-hydroxylation sites is 1. The minimum Gasteiger partial charge on any atom is -0.348 e. The number of hydrogen-bond donors (Lipinski definition) is 1. The highest BCUT2D eigenvalue weighted by Crippen LogP contribution is 2.30. The zero-order chi connectivity index (χ0) is 19.8. The van der Waals surface area contributed by atoms with E-state index in [1.165, 1.54) is 0 Å². The molecule has 146 valence electrons. The van der Waals surface area contributed by atoms with Crippen LogP contribution in [0.5, 0.6) is 0 Å². The smallest absolute Gasteiger partial charge is 0.252 e. The van der Waals surface area contributed by atoms with Crippen LogP contribution in [0.2, 0.25) is 0 Å². The summed E-state index contributed by atoms with van der Waals surface area (Å²) < 4.78 is 0. The molecule has 2 amide bonds. The van der Waals surface area contributed by atoms with Crippen molar-refractivity contribution in [2.75, 3.05) is 11.4 Å². The zero-order valence-electron chi connectivity index (χ0n) is 16.3. The van der Waals surface area contributed by atoms with Gasteiger partial charge in [-0.15, -0.1) is 0 Å². The van der Waals surface area contributed by atoms with Crippen LogP contribution in [0.1, 0.15) is 46.4 Å². The number of nitrogens with zero attached hydrogens (tertiary/aromatic N) is 2. The molecule has 1 aromatic heterocycles. The second-order valence-corrected chi connectivity index (χ2v) is 7.78. The van der Waals surface area contributed by atoms with Gasteiger partial charge in [-0.2, -0.15) is 0 Å². The van der Waals surface area contributed by atoms with Crippen molar-refractivity contribution < 1.29 is 9.59 Å². The quantitative estimate of drug-likeness (QED) is 0.743. The van der Waals surface area contributed by atoms with Crippen LogP contribution in [-0.4, -0.2) is 23.3 Å². The molecule has 1 aliphatic carbocycles. The summed E-state index contributed by atoms with van der Waals surface area (Å²) in [5.74, 6) is 0.144. The Morgan fingerprint density at radius 3 is 2.62 bits per heavy atom. The lowest BCUT2D eigenvalue weighted by Gasteiger charge is -2.16. The first-order valence-electron chi connectivity index (χ1n) is 10.3. The number of hydrogen-bond acceptors (Lipinski definition) is 3. The van der Waals surface area contributed by atoms with E-state index in [1.54, 1.807) is 0 Å². The van der Waals surface area contributed by atoms with E-state index >= 15 is 0 Å². The molecule has 1 saturated heterocycles. The van der Waals surface area contributed by atoms with Crippen molar-refractivity contribution >= 4 is 28.4 Å². The molecular weight excluding hydrogens is 362 g/mol. The molecule has 5 nitrogen and oxygen atoms in total. The molecule has 1 fully saturated rings. The largest absolute Gasteiger partial charge is 0.348 e. The number of nitrogens with one attached hydrogen (secondary N) is 1. The summed E-state index contributed by atoms with van der Waals surface area (Å²) in [6, 6.07) is 15.8. The lowest BCUT2D eigenvalue weighted by atomic mass is 10.0. The van der Waals surface area contributed by atoms with E-state index < -0.39 is 0 Å². The van der Waals surface area contributed by atoms with Gasteiger partial charge in [0.05, 0.1) is 11.1 Å². The van der Waals surface area contributed by atoms with E-state index in [9.17, 15) is 9.59 Å². The van der Waals surface area contributed by atoms with Crippen molar-refractivity contribution in [1.29, 1.82) is 0 Å². The van der Waals surface area contributed by atoms with E-state index in [0.29, 0.717) is 13.0 Å². The molecule has 0 radical (unpaired) electrons. The number of aryl methyl sites for hydroxylation is 1. The standard InChI is InChI=1S/C24H23N3O2/c28-22-9-4-14-27(22)17-12-10-16(11-13-17)15-25-24(29)23-18-5-1-2-7-20(18)26-21-8-3-6-19(21)23/h1-2,5,7,10-13H,3-4,6,8-9,14-15H2,(H,25,29). The second-order valence-electron chi connectivity index (χ2n) is 7.78. The summed E-state index contributed by atoms with van der Waals surface area (Å²) in [5, 5.41) is 4.01. The monoisotopic (exact) mass is 385 g/mol. The third-order valence-corrected chi connectivity index (χ3v) is 5.92. The summed E-state index contributed by atoms with van der Waals surface area (Å²) in [5.41, 5.74) is 5.78. The van der Waals surface area contributed by atoms with Gasteiger partial charge in [0.1, 0.15) is 0 Å². The van der Waals surface area contributed by atoms with Gasteiger partial charge >= 0.3 is 0 Å². The van der Waals surface area contributed by atoms with Crippen molar-refractivity contribution in [3.63, 3.8) is 0 Å². The molecule has 5 rings (SSSR count). The summed E-state index contributed by atoms with van der Waals surface area (Å²) in [6.45, 7) is 1.24. The van der Waals surface area contributed by atoms with Gasteiger partial charge in [-0.25, -0.2) is 0 Å². The molecule has 3 aromatic rings. The number of carbonyl (C=O) groups excluding carboxylic acids is 2. The van der Waals surface area contributed by atoms with Gasteiger partial charge in [0.2, 0.25) is 5.91 Å². The average molecular weight is 385 g/mol. The van der Waals surface area contributed by atoms with Crippen molar-refractivity contribution in [2.24, 2.45) is 0 Å². The van der Waals surface area contributed by atoms with Crippen LogP contribution in [-0.2, 0) is 24.2 Å². The van der Waals surface area contributed by atoms with Gasteiger partial charge in [0, 0.05) is 36.3 Å². The molecular formula is C24H23N3O2.